The third-order valence-electron chi connectivity index (χ3n) is 4.04. The van der Waals surface area contributed by atoms with E-state index < -0.39 is 10.2 Å². The first-order valence-corrected chi connectivity index (χ1v) is 8.99. The molecule has 1 aliphatic rings. The molecule has 23 heavy (non-hydrogen) atoms. The van der Waals surface area contributed by atoms with Crippen LogP contribution in [0.5, 0.6) is 0 Å². The van der Waals surface area contributed by atoms with Crippen molar-refractivity contribution < 1.29 is 17.4 Å². The van der Waals surface area contributed by atoms with Crippen molar-refractivity contribution in [1.82, 2.24) is 13.8 Å². The predicted molar refractivity (Wildman–Crippen MR) is 83.8 cm³/mol. The van der Waals surface area contributed by atoms with Gasteiger partial charge in [0.05, 0.1) is 18.3 Å². The molecule has 0 radical (unpaired) electrons. The van der Waals surface area contributed by atoms with Crippen LogP contribution in [0.15, 0.2) is 27.1 Å². The van der Waals surface area contributed by atoms with Crippen LogP contribution in [0.2, 0.25) is 0 Å². The summed E-state index contributed by atoms with van der Waals surface area (Å²) in [4.78, 5) is 0. The van der Waals surface area contributed by atoms with Gasteiger partial charge in [-0.25, -0.2) is 0 Å². The van der Waals surface area contributed by atoms with E-state index in [-0.39, 0.29) is 12.6 Å². The summed E-state index contributed by atoms with van der Waals surface area (Å²) < 4.78 is 39.2. The van der Waals surface area contributed by atoms with Crippen LogP contribution >= 0.6 is 0 Å². The first-order chi connectivity index (χ1) is 10.9. The van der Waals surface area contributed by atoms with Gasteiger partial charge in [-0.2, -0.15) is 17.0 Å². The van der Waals surface area contributed by atoms with Crippen molar-refractivity contribution >= 4 is 10.2 Å². The van der Waals surface area contributed by atoms with Crippen molar-refractivity contribution in [2.45, 2.75) is 39.3 Å². The van der Waals surface area contributed by atoms with Crippen LogP contribution in [0, 0.1) is 13.8 Å². The Morgan fingerprint density at radius 2 is 2.13 bits per heavy atom. The first kappa shape index (κ1) is 16.2. The molecule has 0 spiro atoms. The van der Waals surface area contributed by atoms with Gasteiger partial charge in [-0.15, -0.1) is 0 Å². The monoisotopic (exact) mass is 339 g/mol. The zero-order chi connectivity index (χ0) is 16.6. The smallest absolute Gasteiger partial charge is 0.282 e. The minimum Gasteiger partial charge on any atom is -0.465 e. The van der Waals surface area contributed by atoms with E-state index in [0.717, 1.165) is 18.6 Å². The molecule has 1 fully saturated rings. The van der Waals surface area contributed by atoms with Crippen LogP contribution in [-0.4, -0.2) is 35.8 Å². The normalized spacial score (nSPS) is 19.7. The summed E-state index contributed by atoms with van der Waals surface area (Å²) in [6, 6.07) is 5.22. The first-order valence-electron chi connectivity index (χ1n) is 7.59. The molecule has 7 nitrogen and oxygen atoms in total. The number of hydrogen-bond acceptors (Lipinski definition) is 5. The number of aryl methyl sites for hydroxylation is 2. The van der Waals surface area contributed by atoms with Gasteiger partial charge in [-0.1, -0.05) is 5.16 Å². The summed E-state index contributed by atoms with van der Waals surface area (Å²) in [7, 11) is -2.03. The van der Waals surface area contributed by atoms with Gasteiger partial charge >= 0.3 is 0 Å². The van der Waals surface area contributed by atoms with E-state index in [9.17, 15) is 8.42 Å². The number of furan rings is 1. The fourth-order valence-electron chi connectivity index (χ4n) is 2.91. The highest BCUT2D eigenvalue weighted by atomic mass is 32.2. The van der Waals surface area contributed by atoms with Crippen molar-refractivity contribution in [2.24, 2.45) is 0 Å². The minimum absolute atomic E-state index is 0.181. The van der Waals surface area contributed by atoms with Gasteiger partial charge in [-0.3, -0.25) is 0 Å². The lowest BCUT2D eigenvalue weighted by Gasteiger charge is -2.27. The molecule has 1 aliphatic heterocycles. The molecule has 2 aromatic rings. The lowest BCUT2D eigenvalue weighted by Crippen LogP contribution is -2.41. The minimum atomic E-state index is -3.59. The second-order valence-electron chi connectivity index (χ2n) is 5.91. The molecule has 0 aromatic carbocycles. The molecule has 0 aliphatic carbocycles. The van der Waals surface area contributed by atoms with Gasteiger partial charge in [0.25, 0.3) is 10.2 Å². The van der Waals surface area contributed by atoms with E-state index in [4.69, 9.17) is 8.94 Å². The van der Waals surface area contributed by atoms with Crippen molar-refractivity contribution in [3.63, 3.8) is 0 Å². The largest absolute Gasteiger partial charge is 0.465 e. The summed E-state index contributed by atoms with van der Waals surface area (Å²) in [5.41, 5.74) is 0.596. The van der Waals surface area contributed by atoms with E-state index in [1.807, 2.05) is 19.1 Å². The molecular formula is C15H21N3O4S. The Morgan fingerprint density at radius 3 is 2.74 bits per heavy atom. The lowest BCUT2D eigenvalue weighted by atomic mass is 10.2. The molecule has 2 aromatic heterocycles. The van der Waals surface area contributed by atoms with Crippen LogP contribution in [-0.2, 0) is 16.8 Å². The predicted octanol–water partition coefficient (Wildman–Crippen LogP) is 2.40. The maximum atomic E-state index is 12.9. The standard InChI is InChI=1S/C15H21N3O4S/c1-11-6-7-15(21-11)14-5-4-8-18(14)23(19,20)17(3)10-13-9-12(2)22-16-13/h6-7,9,14H,4-5,8,10H2,1-3H3/t14-/m1/s1. The molecule has 0 N–H and O–H groups in total. The summed E-state index contributed by atoms with van der Waals surface area (Å²) in [6.07, 6.45) is 1.59. The summed E-state index contributed by atoms with van der Waals surface area (Å²) in [6.45, 7) is 4.31. The quantitative estimate of drug-likeness (QED) is 0.835. The highest BCUT2D eigenvalue weighted by molar-refractivity contribution is 7.86. The Kier molecular flexibility index (Phi) is 4.31. The zero-order valence-corrected chi connectivity index (χ0v) is 14.3. The van der Waals surface area contributed by atoms with Crippen LogP contribution < -0.4 is 0 Å². The van der Waals surface area contributed by atoms with Gasteiger partial charge in [0.15, 0.2) is 0 Å². The van der Waals surface area contributed by atoms with Gasteiger partial charge in [-0.05, 0) is 38.8 Å². The van der Waals surface area contributed by atoms with Crippen LogP contribution in [0.3, 0.4) is 0 Å². The number of rotatable bonds is 5. The number of hydrogen-bond donors (Lipinski definition) is 0. The van der Waals surface area contributed by atoms with Crippen molar-refractivity contribution in [2.75, 3.05) is 13.6 Å². The molecule has 0 unspecified atom stereocenters. The van der Waals surface area contributed by atoms with Crippen LogP contribution in [0.1, 0.15) is 41.9 Å². The molecule has 0 bridgehead atoms. The van der Waals surface area contributed by atoms with Crippen molar-refractivity contribution in [3.05, 3.63) is 41.2 Å². The SMILES string of the molecule is Cc1cc(CN(C)S(=O)(=O)N2CCC[C@@H]2c2ccc(C)o2)no1. The molecule has 3 heterocycles. The lowest BCUT2D eigenvalue weighted by molar-refractivity contribution is 0.305. The van der Waals surface area contributed by atoms with Gasteiger partial charge < -0.3 is 8.94 Å². The summed E-state index contributed by atoms with van der Waals surface area (Å²) >= 11 is 0. The molecule has 0 saturated carbocycles. The summed E-state index contributed by atoms with van der Waals surface area (Å²) in [5, 5.41) is 3.86. The maximum absolute atomic E-state index is 12.9. The third-order valence-corrected chi connectivity index (χ3v) is 5.99. The molecule has 126 valence electrons. The van der Waals surface area contributed by atoms with Crippen molar-refractivity contribution in [1.29, 1.82) is 0 Å². The Morgan fingerprint density at radius 1 is 1.35 bits per heavy atom. The number of aromatic nitrogens is 1. The Hall–Kier alpha value is -1.64. The van der Waals surface area contributed by atoms with E-state index >= 15 is 0 Å². The highest BCUT2D eigenvalue weighted by Crippen LogP contribution is 2.36. The van der Waals surface area contributed by atoms with Gasteiger partial charge in [0.1, 0.15) is 17.3 Å². The van der Waals surface area contributed by atoms with E-state index in [2.05, 4.69) is 5.16 Å². The molecule has 1 atom stereocenters. The second-order valence-corrected chi connectivity index (χ2v) is 7.90. The van der Waals surface area contributed by atoms with Gasteiger partial charge in [0, 0.05) is 19.7 Å². The van der Waals surface area contributed by atoms with Crippen LogP contribution in [0.4, 0.5) is 0 Å². The number of nitrogens with zero attached hydrogens (tertiary/aromatic N) is 3. The molecular weight excluding hydrogens is 318 g/mol. The van der Waals surface area contributed by atoms with E-state index in [1.165, 1.54) is 8.61 Å². The van der Waals surface area contributed by atoms with Crippen molar-refractivity contribution in [3.8, 4) is 0 Å². The van der Waals surface area contributed by atoms with Crippen LogP contribution in [0.25, 0.3) is 0 Å². The summed E-state index contributed by atoms with van der Waals surface area (Å²) in [5.74, 6) is 2.15. The Balaban J connectivity index is 1.80. The molecule has 0 amide bonds. The zero-order valence-electron chi connectivity index (χ0n) is 13.5. The topological polar surface area (TPSA) is 79.8 Å². The molecule has 8 heteroatoms. The third kappa shape index (κ3) is 3.19. The fraction of sp³-hybridized carbons (Fsp3) is 0.533. The van der Waals surface area contributed by atoms with E-state index in [0.29, 0.717) is 23.8 Å². The average molecular weight is 339 g/mol. The highest BCUT2D eigenvalue weighted by Gasteiger charge is 2.39. The average Bonchev–Trinajstić information content (AvgIpc) is 3.19. The Labute approximate surface area is 136 Å². The van der Waals surface area contributed by atoms with E-state index in [1.54, 1.807) is 20.0 Å². The van der Waals surface area contributed by atoms with Gasteiger partial charge in [0.2, 0.25) is 0 Å². The molecule has 3 rings (SSSR count). The maximum Gasteiger partial charge on any atom is 0.282 e. The fourth-order valence-corrected chi connectivity index (χ4v) is 4.46. The Bertz CT molecular complexity index is 780. The second kappa shape index (κ2) is 6.10. The molecule has 1 saturated heterocycles.